The van der Waals surface area contributed by atoms with Crippen molar-refractivity contribution in [3.05, 3.63) is 40.8 Å². The van der Waals surface area contributed by atoms with Crippen LogP contribution in [0.2, 0.25) is 0 Å². The van der Waals surface area contributed by atoms with Crippen molar-refractivity contribution in [3.8, 4) is 11.3 Å². The molecule has 1 aromatic heterocycles. The first-order valence-electron chi connectivity index (χ1n) is 8.55. The summed E-state index contributed by atoms with van der Waals surface area (Å²) in [6.07, 6.45) is 1.91. The number of aromatic nitrogens is 2. The van der Waals surface area contributed by atoms with Crippen LogP contribution in [0, 0.1) is 0 Å². The lowest BCUT2D eigenvalue weighted by atomic mass is 10.2. The van der Waals surface area contributed by atoms with E-state index < -0.39 is 0 Å². The monoisotopic (exact) mass is 391 g/mol. The largest absolute Gasteiger partial charge is 0.341 e. The van der Waals surface area contributed by atoms with E-state index in [1.54, 1.807) is 0 Å². The Kier molecular flexibility index (Phi) is 6.05. The molecule has 1 aliphatic rings. The molecule has 130 valence electrons. The van der Waals surface area contributed by atoms with E-state index in [1.807, 2.05) is 18.3 Å². The van der Waals surface area contributed by atoms with Gasteiger partial charge in [-0.3, -0.25) is 4.90 Å². The molecule has 1 saturated heterocycles. The van der Waals surface area contributed by atoms with Crippen molar-refractivity contribution < 1.29 is 0 Å². The number of likely N-dealkylation sites (N-methyl/N-ethyl adjacent to an activating group) is 1. The molecule has 0 bridgehead atoms. The fraction of sp³-hybridized carbons (Fsp3) is 0.500. The fourth-order valence-corrected chi connectivity index (χ4v) is 3.45. The Morgan fingerprint density at radius 1 is 1.29 bits per heavy atom. The summed E-state index contributed by atoms with van der Waals surface area (Å²) >= 11 is 3.51. The Balaban J connectivity index is 1.47. The summed E-state index contributed by atoms with van der Waals surface area (Å²) in [6, 6.07) is 8.81. The highest BCUT2D eigenvalue weighted by Crippen LogP contribution is 2.21. The molecule has 0 saturated carbocycles. The van der Waals surface area contributed by atoms with Gasteiger partial charge in [-0.2, -0.15) is 0 Å². The number of hydrogen-bond acceptors (Lipinski definition) is 4. The number of halogens is 1. The van der Waals surface area contributed by atoms with Gasteiger partial charge in [-0.15, -0.1) is 0 Å². The maximum Gasteiger partial charge on any atom is 0.120 e. The molecular formula is C18H26BrN5. The predicted octanol–water partition coefficient (Wildman–Crippen LogP) is 2.56. The van der Waals surface area contributed by atoms with E-state index in [0.717, 1.165) is 47.7 Å². The van der Waals surface area contributed by atoms with Gasteiger partial charge >= 0.3 is 0 Å². The van der Waals surface area contributed by atoms with Gasteiger partial charge in [0.25, 0.3) is 0 Å². The van der Waals surface area contributed by atoms with E-state index in [2.05, 4.69) is 67.1 Å². The minimum absolute atomic E-state index is 0.554. The maximum atomic E-state index is 4.49. The molecule has 0 radical (unpaired) electrons. The summed E-state index contributed by atoms with van der Waals surface area (Å²) in [5, 5.41) is 3.53. The molecule has 3 rings (SSSR count). The third-order valence-corrected chi connectivity index (χ3v) is 5.15. The van der Waals surface area contributed by atoms with E-state index in [1.165, 1.54) is 13.1 Å². The van der Waals surface area contributed by atoms with Crippen LogP contribution in [0.3, 0.4) is 0 Å². The van der Waals surface area contributed by atoms with Crippen LogP contribution >= 0.6 is 15.9 Å². The van der Waals surface area contributed by atoms with Crippen LogP contribution in [0.1, 0.15) is 12.7 Å². The molecule has 1 aliphatic heterocycles. The van der Waals surface area contributed by atoms with Crippen LogP contribution in [-0.2, 0) is 6.54 Å². The molecule has 2 aromatic rings. The van der Waals surface area contributed by atoms with Crippen molar-refractivity contribution in [1.29, 1.82) is 0 Å². The van der Waals surface area contributed by atoms with Gasteiger partial charge in [-0.25, -0.2) is 4.98 Å². The van der Waals surface area contributed by atoms with E-state index >= 15 is 0 Å². The number of nitrogens with zero attached hydrogens (tertiary/aromatic N) is 3. The molecule has 6 heteroatoms. The minimum atomic E-state index is 0.554. The Hall–Kier alpha value is -1.21. The number of aromatic amines is 1. The van der Waals surface area contributed by atoms with Gasteiger partial charge in [0.1, 0.15) is 5.82 Å². The smallest absolute Gasteiger partial charge is 0.120 e. The van der Waals surface area contributed by atoms with E-state index in [0.29, 0.717) is 6.04 Å². The van der Waals surface area contributed by atoms with E-state index in [-0.39, 0.29) is 0 Å². The minimum Gasteiger partial charge on any atom is -0.341 e. The van der Waals surface area contributed by atoms with Gasteiger partial charge in [-0.1, -0.05) is 28.1 Å². The van der Waals surface area contributed by atoms with Crippen molar-refractivity contribution in [1.82, 2.24) is 25.1 Å². The Bertz CT molecular complexity index is 648. The van der Waals surface area contributed by atoms with Crippen molar-refractivity contribution in [2.75, 3.05) is 39.8 Å². The quantitative estimate of drug-likeness (QED) is 0.794. The Labute approximate surface area is 152 Å². The number of hydrogen-bond donors (Lipinski definition) is 2. The highest BCUT2D eigenvalue weighted by atomic mass is 79.9. The fourth-order valence-electron chi connectivity index (χ4n) is 3.05. The summed E-state index contributed by atoms with van der Waals surface area (Å²) in [6.45, 7) is 8.70. The average Bonchev–Trinajstić information content (AvgIpc) is 3.04. The maximum absolute atomic E-state index is 4.49. The third-order valence-electron chi connectivity index (χ3n) is 4.66. The van der Waals surface area contributed by atoms with Crippen LogP contribution in [0.15, 0.2) is 34.9 Å². The average molecular weight is 392 g/mol. The van der Waals surface area contributed by atoms with E-state index in [4.69, 9.17) is 0 Å². The molecule has 0 spiro atoms. The molecule has 5 nitrogen and oxygen atoms in total. The first-order valence-corrected chi connectivity index (χ1v) is 9.34. The lowest BCUT2D eigenvalue weighted by Crippen LogP contribution is -2.50. The van der Waals surface area contributed by atoms with Crippen LogP contribution in [0.25, 0.3) is 11.3 Å². The van der Waals surface area contributed by atoms with E-state index in [9.17, 15) is 0 Å². The highest BCUT2D eigenvalue weighted by molar-refractivity contribution is 9.10. The molecule has 1 atom stereocenters. The second kappa shape index (κ2) is 8.25. The van der Waals surface area contributed by atoms with Gasteiger partial charge in [0.05, 0.1) is 18.4 Å². The molecule has 0 aliphatic carbocycles. The second-order valence-electron chi connectivity index (χ2n) is 6.57. The molecule has 2 heterocycles. The Morgan fingerprint density at radius 2 is 2.08 bits per heavy atom. The van der Waals surface area contributed by atoms with Crippen LogP contribution < -0.4 is 5.32 Å². The first-order chi connectivity index (χ1) is 11.6. The van der Waals surface area contributed by atoms with Gasteiger partial charge in [-0.05, 0) is 26.1 Å². The van der Waals surface area contributed by atoms with Crippen molar-refractivity contribution in [3.63, 3.8) is 0 Å². The van der Waals surface area contributed by atoms with Crippen molar-refractivity contribution in [2.45, 2.75) is 19.5 Å². The van der Waals surface area contributed by atoms with Crippen LogP contribution in [-0.4, -0.2) is 65.6 Å². The standard InChI is InChI=1S/C18H26BrN5/c1-14(24-8-6-23(2)7-9-24)11-20-13-18-21-12-17(22-18)15-4-3-5-16(19)10-15/h3-5,10,12,14,20H,6-9,11,13H2,1-2H3,(H,21,22). The zero-order chi connectivity index (χ0) is 16.9. The summed E-state index contributed by atoms with van der Waals surface area (Å²) in [5.41, 5.74) is 2.20. The van der Waals surface area contributed by atoms with Gasteiger partial charge in [0.2, 0.25) is 0 Å². The van der Waals surface area contributed by atoms with Gasteiger partial charge in [0, 0.05) is 48.8 Å². The third kappa shape index (κ3) is 4.66. The molecule has 2 N–H and O–H groups in total. The number of piperazine rings is 1. The zero-order valence-corrected chi connectivity index (χ0v) is 16.0. The lowest BCUT2D eigenvalue weighted by molar-refractivity contribution is 0.117. The molecule has 1 unspecified atom stereocenters. The molecule has 1 aromatic carbocycles. The molecule has 1 fully saturated rings. The topological polar surface area (TPSA) is 47.2 Å². The van der Waals surface area contributed by atoms with Crippen molar-refractivity contribution >= 4 is 15.9 Å². The van der Waals surface area contributed by atoms with Crippen LogP contribution in [0.5, 0.6) is 0 Å². The summed E-state index contributed by atoms with van der Waals surface area (Å²) in [7, 11) is 2.19. The number of H-pyrrole nitrogens is 1. The predicted molar refractivity (Wildman–Crippen MR) is 102 cm³/mol. The number of rotatable bonds is 6. The zero-order valence-electron chi connectivity index (χ0n) is 14.4. The highest BCUT2D eigenvalue weighted by Gasteiger charge is 2.18. The first kappa shape index (κ1) is 17.6. The van der Waals surface area contributed by atoms with Gasteiger partial charge < -0.3 is 15.2 Å². The summed E-state index contributed by atoms with van der Waals surface area (Å²) < 4.78 is 1.08. The number of benzene rings is 1. The second-order valence-corrected chi connectivity index (χ2v) is 7.49. The Morgan fingerprint density at radius 3 is 2.83 bits per heavy atom. The molecule has 0 amide bonds. The molecule has 24 heavy (non-hydrogen) atoms. The van der Waals surface area contributed by atoms with Crippen molar-refractivity contribution in [2.24, 2.45) is 0 Å². The van der Waals surface area contributed by atoms with Gasteiger partial charge in [0.15, 0.2) is 0 Å². The summed E-state index contributed by atoms with van der Waals surface area (Å²) in [4.78, 5) is 12.8. The number of imidazole rings is 1. The van der Waals surface area contributed by atoms with Crippen LogP contribution in [0.4, 0.5) is 0 Å². The number of nitrogens with one attached hydrogen (secondary N) is 2. The normalized spacial score (nSPS) is 18.0. The SMILES string of the molecule is CC(CNCc1ncc(-c2cccc(Br)c2)[nH]1)N1CCN(C)CC1. The molecular weight excluding hydrogens is 366 g/mol. The lowest BCUT2D eigenvalue weighted by Gasteiger charge is -2.36. The summed E-state index contributed by atoms with van der Waals surface area (Å²) in [5.74, 6) is 0.982.